The Kier molecular flexibility index (Phi) is 3.19. The molecule has 0 spiro atoms. The molecule has 3 nitrogen and oxygen atoms in total. The van der Waals surface area contributed by atoms with E-state index in [1.807, 2.05) is 31.2 Å². The standard InChI is InChI=1S/C12H11BrN2O/c1-9-6-10(13)7-15(12(9)16)8-11-4-2-3-5-14-11/h2-7H,8H2,1H3. The summed E-state index contributed by atoms with van der Waals surface area (Å²) in [4.78, 5) is 16.0. The molecular formula is C12H11BrN2O. The van der Waals surface area contributed by atoms with Gasteiger partial charge in [-0.2, -0.15) is 0 Å². The minimum Gasteiger partial charge on any atom is -0.308 e. The number of hydrogen-bond donors (Lipinski definition) is 0. The van der Waals surface area contributed by atoms with Gasteiger partial charge in [0.2, 0.25) is 0 Å². The molecule has 4 heteroatoms. The van der Waals surface area contributed by atoms with E-state index in [1.54, 1.807) is 17.0 Å². The third-order valence-electron chi connectivity index (χ3n) is 2.29. The largest absolute Gasteiger partial charge is 0.308 e. The highest BCUT2D eigenvalue weighted by Gasteiger charge is 2.02. The maximum Gasteiger partial charge on any atom is 0.253 e. The Balaban J connectivity index is 2.39. The monoisotopic (exact) mass is 278 g/mol. The fraction of sp³-hybridized carbons (Fsp3) is 0.167. The van der Waals surface area contributed by atoms with Crippen LogP contribution in [0, 0.1) is 6.92 Å². The van der Waals surface area contributed by atoms with Crippen molar-refractivity contribution in [1.82, 2.24) is 9.55 Å². The van der Waals surface area contributed by atoms with Crippen LogP contribution in [0.15, 0.2) is 45.9 Å². The summed E-state index contributed by atoms with van der Waals surface area (Å²) in [5.41, 5.74) is 1.63. The summed E-state index contributed by atoms with van der Waals surface area (Å²) in [5.74, 6) is 0. The molecule has 2 rings (SSSR count). The van der Waals surface area contributed by atoms with Crippen molar-refractivity contribution in [2.24, 2.45) is 0 Å². The van der Waals surface area contributed by atoms with Crippen LogP contribution in [0.1, 0.15) is 11.3 Å². The van der Waals surface area contributed by atoms with Crippen LogP contribution in [0.4, 0.5) is 0 Å². The molecule has 0 N–H and O–H groups in total. The molecule has 82 valence electrons. The van der Waals surface area contributed by atoms with Gasteiger partial charge < -0.3 is 4.57 Å². The van der Waals surface area contributed by atoms with Crippen molar-refractivity contribution in [3.8, 4) is 0 Å². The van der Waals surface area contributed by atoms with Crippen molar-refractivity contribution in [3.63, 3.8) is 0 Å². The van der Waals surface area contributed by atoms with E-state index in [2.05, 4.69) is 20.9 Å². The topological polar surface area (TPSA) is 34.9 Å². The first-order valence-corrected chi connectivity index (χ1v) is 5.72. The van der Waals surface area contributed by atoms with Crippen LogP contribution in [-0.4, -0.2) is 9.55 Å². The number of halogens is 1. The van der Waals surface area contributed by atoms with Crippen LogP contribution >= 0.6 is 15.9 Å². The van der Waals surface area contributed by atoms with E-state index in [9.17, 15) is 4.79 Å². The molecule has 2 aromatic rings. The van der Waals surface area contributed by atoms with Gasteiger partial charge in [-0.1, -0.05) is 6.07 Å². The molecule has 0 unspecified atom stereocenters. The van der Waals surface area contributed by atoms with Crippen molar-refractivity contribution in [2.75, 3.05) is 0 Å². The molecule has 0 amide bonds. The lowest BCUT2D eigenvalue weighted by molar-refractivity contribution is 0.730. The highest BCUT2D eigenvalue weighted by Crippen LogP contribution is 2.08. The number of rotatable bonds is 2. The van der Waals surface area contributed by atoms with Gasteiger partial charge in [0.15, 0.2) is 0 Å². The van der Waals surface area contributed by atoms with E-state index < -0.39 is 0 Å². The van der Waals surface area contributed by atoms with Crippen molar-refractivity contribution in [3.05, 3.63) is 62.7 Å². The first-order valence-electron chi connectivity index (χ1n) is 4.93. The second kappa shape index (κ2) is 4.61. The fourth-order valence-corrected chi connectivity index (χ4v) is 2.11. The van der Waals surface area contributed by atoms with Gasteiger partial charge in [-0.3, -0.25) is 9.78 Å². The van der Waals surface area contributed by atoms with Crippen LogP contribution in [-0.2, 0) is 6.54 Å². The third kappa shape index (κ3) is 2.39. The molecule has 0 radical (unpaired) electrons. The van der Waals surface area contributed by atoms with Crippen LogP contribution in [0.2, 0.25) is 0 Å². The van der Waals surface area contributed by atoms with E-state index in [-0.39, 0.29) is 5.56 Å². The SMILES string of the molecule is Cc1cc(Br)cn(Cc2ccccn2)c1=O. The molecular weight excluding hydrogens is 268 g/mol. The summed E-state index contributed by atoms with van der Waals surface area (Å²) < 4.78 is 2.56. The molecule has 0 fully saturated rings. The number of aryl methyl sites for hydroxylation is 1. The Morgan fingerprint density at radius 3 is 2.94 bits per heavy atom. The van der Waals surface area contributed by atoms with Crippen LogP contribution in [0.25, 0.3) is 0 Å². The summed E-state index contributed by atoms with van der Waals surface area (Å²) in [7, 11) is 0. The van der Waals surface area contributed by atoms with Crippen LogP contribution < -0.4 is 5.56 Å². The summed E-state index contributed by atoms with van der Waals surface area (Å²) in [6, 6.07) is 7.50. The van der Waals surface area contributed by atoms with Gasteiger partial charge in [0.05, 0.1) is 12.2 Å². The predicted octanol–water partition coefficient (Wildman–Crippen LogP) is 2.36. The van der Waals surface area contributed by atoms with E-state index >= 15 is 0 Å². The van der Waals surface area contributed by atoms with Gasteiger partial charge in [0.25, 0.3) is 5.56 Å². The molecule has 16 heavy (non-hydrogen) atoms. The lowest BCUT2D eigenvalue weighted by Gasteiger charge is -2.06. The zero-order valence-corrected chi connectivity index (χ0v) is 10.4. The Labute approximate surface area is 102 Å². The van der Waals surface area contributed by atoms with Gasteiger partial charge >= 0.3 is 0 Å². The van der Waals surface area contributed by atoms with Crippen LogP contribution in [0.5, 0.6) is 0 Å². The van der Waals surface area contributed by atoms with Crippen LogP contribution in [0.3, 0.4) is 0 Å². The Morgan fingerprint density at radius 1 is 1.44 bits per heavy atom. The third-order valence-corrected chi connectivity index (χ3v) is 2.72. The summed E-state index contributed by atoms with van der Waals surface area (Å²) in [6.07, 6.45) is 3.51. The second-order valence-corrected chi connectivity index (χ2v) is 4.51. The maximum atomic E-state index is 11.8. The molecule has 0 aliphatic rings. The quantitative estimate of drug-likeness (QED) is 0.845. The van der Waals surface area contributed by atoms with Gasteiger partial charge in [-0.25, -0.2) is 0 Å². The lowest BCUT2D eigenvalue weighted by Crippen LogP contribution is -2.22. The number of pyridine rings is 2. The average molecular weight is 279 g/mol. The molecule has 0 saturated carbocycles. The van der Waals surface area contributed by atoms with Crippen molar-refractivity contribution in [2.45, 2.75) is 13.5 Å². The van der Waals surface area contributed by atoms with Crippen molar-refractivity contribution in [1.29, 1.82) is 0 Å². The number of aromatic nitrogens is 2. The average Bonchev–Trinajstić information content (AvgIpc) is 2.27. The molecule has 0 bridgehead atoms. The van der Waals surface area contributed by atoms with E-state index in [0.29, 0.717) is 6.54 Å². The molecule has 2 aromatic heterocycles. The van der Waals surface area contributed by atoms with Gasteiger partial charge in [-0.15, -0.1) is 0 Å². The van der Waals surface area contributed by atoms with E-state index in [4.69, 9.17) is 0 Å². The Morgan fingerprint density at radius 2 is 2.25 bits per heavy atom. The fourth-order valence-electron chi connectivity index (χ4n) is 1.52. The highest BCUT2D eigenvalue weighted by molar-refractivity contribution is 9.10. The van der Waals surface area contributed by atoms with Crippen molar-refractivity contribution < 1.29 is 0 Å². The predicted molar refractivity (Wildman–Crippen MR) is 66.5 cm³/mol. The lowest BCUT2D eigenvalue weighted by atomic mass is 10.3. The Bertz CT molecular complexity index is 549. The number of hydrogen-bond acceptors (Lipinski definition) is 2. The highest BCUT2D eigenvalue weighted by atomic mass is 79.9. The minimum atomic E-state index is 0.0221. The smallest absolute Gasteiger partial charge is 0.253 e. The maximum absolute atomic E-state index is 11.8. The molecule has 0 aliphatic carbocycles. The zero-order valence-electron chi connectivity index (χ0n) is 8.85. The molecule has 0 aromatic carbocycles. The first-order chi connectivity index (χ1) is 7.66. The first kappa shape index (κ1) is 11.1. The second-order valence-electron chi connectivity index (χ2n) is 3.60. The van der Waals surface area contributed by atoms with Gasteiger partial charge in [0.1, 0.15) is 0 Å². The molecule has 2 heterocycles. The van der Waals surface area contributed by atoms with Gasteiger partial charge in [-0.05, 0) is 41.1 Å². The normalized spacial score (nSPS) is 10.4. The molecule has 0 atom stereocenters. The molecule has 0 saturated heterocycles. The number of nitrogens with zero attached hydrogens (tertiary/aromatic N) is 2. The summed E-state index contributed by atoms with van der Waals surface area (Å²) in [6.45, 7) is 2.31. The van der Waals surface area contributed by atoms with Gasteiger partial charge in [0, 0.05) is 22.4 Å². The van der Waals surface area contributed by atoms with E-state index in [1.165, 1.54) is 0 Å². The van der Waals surface area contributed by atoms with Crippen molar-refractivity contribution >= 4 is 15.9 Å². The summed E-state index contributed by atoms with van der Waals surface area (Å²) >= 11 is 3.38. The zero-order chi connectivity index (χ0) is 11.5. The Hall–Kier alpha value is -1.42. The summed E-state index contributed by atoms with van der Waals surface area (Å²) in [5, 5.41) is 0. The molecule has 0 aliphatic heterocycles. The minimum absolute atomic E-state index is 0.0221. The van der Waals surface area contributed by atoms with E-state index in [0.717, 1.165) is 15.7 Å².